The second kappa shape index (κ2) is 9.48. The number of benzene rings is 1. The van der Waals surface area contributed by atoms with Gasteiger partial charge in [-0.3, -0.25) is 9.69 Å². The molecule has 2 aliphatic heterocycles. The lowest BCUT2D eigenvalue weighted by Gasteiger charge is -2.40. The molecule has 0 unspecified atom stereocenters. The summed E-state index contributed by atoms with van der Waals surface area (Å²) in [5.41, 5.74) is 0.137. The number of anilines is 1. The first kappa shape index (κ1) is 26.3. The first-order valence-electron chi connectivity index (χ1n) is 11.5. The molecule has 4 heterocycles. The van der Waals surface area contributed by atoms with E-state index in [1.54, 1.807) is 11.8 Å². The molecule has 1 fully saturated rings. The molecule has 1 saturated heterocycles. The number of likely N-dealkylation sites (tertiary alicyclic amines) is 1. The topological polar surface area (TPSA) is 131 Å². The largest absolute Gasteiger partial charge is 0.618 e. The van der Waals surface area contributed by atoms with Crippen LogP contribution in [-0.2, 0) is 4.79 Å². The molecule has 38 heavy (non-hydrogen) atoms. The third-order valence-corrected chi connectivity index (χ3v) is 7.55. The van der Waals surface area contributed by atoms with Gasteiger partial charge in [-0.15, -0.1) is 8.78 Å². The maximum Gasteiger partial charge on any atom is 0.586 e. The predicted molar refractivity (Wildman–Crippen MR) is 125 cm³/mol. The normalized spacial score (nSPS) is 21.8. The van der Waals surface area contributed by atoms with E-state index in [0.29, 0.717) is 14.9 Å². The van der Waals surface area contributed by atoms with Gasteiger partial charge in [-0.05, 0) is 12.5 Å². The fourth-order valence-electron chi connectivity index (χ4n) is 4.50. The summed E-state index contributed by atoms with van der Waals surface area (Å²) in [5.74, 6) is -5.37. The molecule has 204 valence electrons. The SMILES string of the molecule is C[C@@H](C(=O)Nc1nc2cc3c(cc2s1)OC(F)(F)O3)N1CCC(F)(F)[C@@H](c2cc[n+]([O-])c([C@@H](O)CO)c2)C1. The monoisotopic (exact) mass is 558 g/mol. The van der Waals surface area contributed by atoms with Crippen molar-refractivity contribution in [2.75, 3.05) is 25.0 Å². The number of nitrogens with one attached hydrogen (secondary N) is 1. The Bertz CT molecular complexity index is 1340. The van der Waals surface area contributed by atoms with Crippen molar-refractivity contribution < 1.29 is 46.8 Å². The highest BCUT2D eigenvalue weighted by Gasteiger charge is 2.47. The van der Waals surface area contributed by atoms with Crippen LogP contribution >= 0.6 is 11.3 Å². The van der Waals surface area contributed by atoms with E-state index in [1.807, 2.05) is 0 Å². The number of rotatable bonds is 6. The number of ether oxygens (including phenoxy) is 2. The lowest BCUT2D eigenvalue weighted by Crippen LogP contribution is -2.52. The average molecular weight is 559 g/mol. The van der Waals surface area contributed by atoms with E-state index in [9.17, 15) is 37.8 Å². The number of thiazole rings is 1. The number of aliphatic hydroxyl groups excluding tert-OH is 2. The number of carbonyl (C=O) groups is 1. The highest BCUT2D eigenvalue weighted by molar-refractivity contribution is 7.22. The Labute approximate surface area is 216 Å². The average Bonchev–Trinajstić information content (AvgIpc) is 3.38. The van der Waals surface area contributed by atoms with Gasteiger partial charge < -0.3 is 30.2 Å². The summed E-state index contributed by atoms with van der Waals surface area (Å²) in [4.78, 5) is 18.8. The number of amides is 1. The molecule has 3 aromatic rings. The summed E-state index contributed by atoms with van der Waals surface area (Å²) in [6.45, 7) is 0.513. The molecule has 15 heteroatoms. The Morgan fingerprint density at radius 2 is 2.03 bits per heavy atom. The molecule has 5 rings (SSSR count). The number of aromatic nitrogens is 2. The van der Waals surface area contributed by atoms with E-state index in [1.165, 1.54) is 18.2 Å². The van der Waals surface area contributed by atoms with Gasteiger partial charge in [0.2, 0.25) is 11.6 Å². The van der Waals surface area contributed by atoms with Crippen molar-refractivity contribution in [3.05, 3.63) is 46.9 Å². The molecule has 0 bridgehead atoms. The molecule has 2 aromatic heterocycles. The predicted octanol–water partition coefficient (Wildman–Crippen LogP) is 2.73. The van der Waals surface area contributed by atoms with Gasteiger partial charge in [-0.2, -0.15) is 4.73 Å². The quantitative estimate of drug-likeness (QED) is 0.239. The lowest BCUT2D eigenvalue weighted by molar-refractivity contribution is -0.618. The number of fused-ring (bicyclic) bond motifs is 2. The first-order valence-corrected chi connectivity index (χ1v) is 12.3. The minimum Gasteiger partial charge on any atom is -0.618 e. The van der Waals surface area contributed by atoms with Crippen molar-refractivity contribution in [1.82, 2.24) is 9.88 Å². The van der Waals surface area contributed by atoms with E-state index in [4.69, 9.17) is 0 Å². The summed E-state index contributed by atoms with van der Waals surface area (Å²) >= 11 is 1.02. The standard InChI is InChI=1S/C23H22F4N4O6S/c1-11(20(34)29-21-28-14-7-17-18(8-19(14)38-21)37-23(26,27)36-17)30-5-3-22(24,25)13(9-30)12-2-4-31(35)15(6-12)16(33)10-32/h2,4,6-8,11,13,16,32-33H,3,5,9-10H2,1H3,(H,28,29,34)/t11-,13+,16-/m0/s1. The number of carbonyl (C=O) groups excluding carboxylic acids is 1. The van der Waals surface area contributed by atoms with E-state index in [-0.39, 0.29) is 41.0 Å². The van der Waals surface area contributed by atoms with Gasteiger partial charge in [0, 0.05) is 43.8 Å². The smallest absolute Gasteiger partial charge is 0.586 e. The van der Waals surface area contributed by atoms with Crippen LogP contribution in [0, 0.1) is 5.21 Å². The molecule has 1 aromatic carbocycles. The fourth-order valence-corrected chi connectivity index (χ4v) is 5.38. The zero-order valence-corrected chi connectivity index (χ0v) is 20.6. The second-order valence-electron chi connectivity index (χ2n) is 9.09. The molecule has 1 amide bonds. The number of hydrogen-bond acceptors (Lipinski definition) is 9. The zero-order valence-electron chi connectivity index (χ0n) is 19.7. The van der Waals surface area contributed by atoms with E-state index < -0.39 is 49.2 Å². The molecule has 0 saturated carbocycles. The summed E-state index contributed by atoms with van der Waals surface area (Å²) in [5, 5.41) is 33.8. The summed E-state index contributed by atoms with van der Waals surface area (Å²) < 4.78 is 66.0. The van der Waals surface area contributed by atoms with Crippen LogP contribution in [0.15, 0.2) is 30.5 Å². The summed E-state index contributed by atoms with van der Waals surface area (Å²) in [6.07, 6.45) is -4.85. The Morgan fingerprint density at radius 1 is 1.32 bits per heavy atom. The Hall–Kier alpha value is -3.27. The zero-order chi connectivity index (χ0) is 27.4. The highest BCUT2D eigenvalue weighted by Crippen LogP contribution is 2.45. The molecule has 3 N–H and O–H groups in total. The van der Waals surface area contributed by atoms with Crippen LogP contribution in [0.4, 0.5) is 22.7 Å². The Kier molecular flexibility index (Phi) is 6.57. The molecule has 3 atom stereocenters. The van der Waals surface area contributed by atoms with Crippen LogP contribution in [-0.4, -0.2) is 64.0 Å². The van der Waals surface area contributed by atoms with E-state index in [0.717, 1.165) is 23.6 Å². The van der Waals surface area contributed by atoms with Crippen LogP contribution in [0.5, 0.6) is 11.5 Å². The molecule has 10 nitrogen and oxygen atoms in total. The molecule has 2 aliphatic rings. The van der Waals surface area contributed by atoms with Gasteiger partial charge in [-0.1, -0.05) is 11.3 Å². The molecule has 0 aliphatic carbocycles. The van der Waals surface area contributed by atoms with Crippen molar-refractivity contribution in [2.24, 2.45) is 0 Å². The summed E-state index contributed by atoms with van der Waals surface area (Å²) in [7, 11) is 0. The number of alkyl halides is 4. The molecule has 0 spiro atoms. The minimum atomic E-state index is -3.77. The van der Waals surface area contributed by atoms with Crippen LogP contribution < -0.4 is 19.5 Å². The van der Waals surface area contributed by atoms with Gasteiger partial charge in [-0.25, -0.2) is 13.8 Å². The number of pyridine rings is 1. The van der Waals surface area contributed by atoms with Crippen LogP contribution in [0.2, 0.25) is 0 Å². The van der Waals surface area contributed by atoms with Gasteiger partial charge in [0.05, 0.1) is 28.8 Å². The molecular weight excluding hydrogens is 536 g/mol. The van der Waals surface area contributed by atoms with Gasteiger partial charge in [0.25, 0.3) is 5.92 Å². The minimum absolute atomic E-state index is 0.0753. The summed E-state index contributed by atoms with van der Waals surface area (Å²) in [6, 6.07) is 4.13. The third-order valence-electron chi connectivity index (χ3n) is 6.62. The Morgan fingerprint density at radius 3 is 2.74 bits per heavy atom. The Balaban J connectivity index is 1.31. The lowest BCUT2D eigenvalue weighted by atomic mass is 9.86. The van der Waals surface area contributed by atoms with E-state index in [2.05, 4.69) is 19.8 Å². The van der Waals surface area contributed by atoms with Crippen molar-refractivity contribution in [3.8, 4) is 11.5 Å². The second-order valence-corrected chi connectivity index (χ2v) is 10.1. The number of aliphatic hydroxyl groups is 2. The van der Waals surface area contributed by atoms with Crippen molar-refractivity contribution >= 4 is 32.6 Å². The number of piperidine rings is 1. The van der Waals surface area contributed by atoms with Gasteiger partial charge in [0.15, 0.2) is 28.9 Å². The van der Waals surface area contributed by atoms with Crippen LogP contribution in [0.25, 0.3) is 10.2 Å². The molecule has 0 radical (unpaired) electrons. The van der Waals surface area contributed by atoms with Crippen molar-refractivity contribution in [3.63, 3.8) is 0 Å². The van der Waals surface area contributed by atoms with Crippen molar-refractivity contribution in [1.29, 1.82) is 0 Å². The maximum absolute atomic E-state index is 14.9. The fraction of sp³-hybridized carbons (Fsp3) is 0.435. The molecular formula is C23H22F4N4O6S. The van der Waals surface area contributed by atoms with E-state index >= 15 is 0 Å². The van der Waals surface area contributed by atoms with Gasteiger partial charge >= 0.3 is 6.29 Å². The van der Waals surface area contributed by atoms with Crippen molar-refractivity contribution in [2.45, 2.75) is 43.6 Å². The number of hydrogen-bond donors (Lipinski definition) is 3. The maximum atomic E-state index is 14.9. The first-order chi connectivity index (χ1) is 17.9. The van der Waals surface area contributed by atoms with Crippen LogP contribution in [0.3, 0.4) is 0 Å². The number of nitrogens with zero attached hydrogens (tertiary/aromatic N) is 3. The highest BCUT2D eigenvalue weighted by atomic mass is 32.1. The third kappa shape index (κ3) is 4.93. The van der Waals surface area contributed by atoms with Crippen LogP contribution in [0.1, 0.15) is 36.6 Å². The van der Waals surface area contributed by atoms with Gasteiger partial charge in [0.1, 0.15) is 0 Å². The number of halogens is 4.